The number of nitrogens with one attached hydrogen (secondary N) is 5. The summed E-state index contributed by atoms with van der Waals surface area (Å²) in [5.74, 6) is -3.42. The van der Waals surface area contributed by atoms with Crippen molar-refractivity contribution in [2.24, 2.45) is 0 Å². The highest BCUT2D eigenvalue weighted by atomic mass is 16.6. The molecule has 20 nitrogen and oxygen atoms in total. The minimum Gasteiger partial charge on any atom is -0.469 e. The van der Waals surface area contributed by atoms with E-state index in [1.165, 1.54) is 21.3 Å². The summed E-state index contributed by atoms with van der Waals surface area (Å²) in [4.78, 5) is 96.3. The normalized spacial score (nSPS) is 10.7. The lowest BCUT2D eigenvalue weighted by atomic mass is 10.0. The molecule has 1 aromatic rings. The Labute approximate surface area is 319 Å². The topological polar surface area (TPSA) is 261 Å². The molecule has 0 aromatic heterocycles. The van der Waals surface area contributed by atoms with Crippen LogP contribution in [0.2, 0.25) is 0 Å². The van der Waals surface area contributed by atoms with Gasteiger partial charge in [-0.05, 0) is 5.56 Å². The largest absolute Gasteiger partial charge is 0.469 e. The van der Waals surface area contributed by atoms with Gasteiger partial charge in [-0.25, -0.2) is 4.79 Å². The number of carbonyl (C=O) groups is 8. The van der Waals surface area contributed by atoms with Gasteiger partial charge in [0.25, 0.3) is 0 Å². The van der Waals surface area contributed by atoms with E-state index in [0.29, 0.717) is 0 Å². The molecule has 1 aromatic carbocycles. The average molecular weight is 784 g/mol. The van der Waals surface area contributed by atoms with Gasteiger partial charge in [0, 0.05) is 38.9 Å². The van der Waals surface area contributed by atoms with Crippen molar-refractivity contribution in [3.63, 3.8) is 0 Å². The van der Waals surface area contributed by atoms with Crippen LogP contribution < -0.4 is 26.6 Å². The van der Waals surface area contributed by atoms with Gasteiger partial charge in [0.1, 0.15) is 18.7 Å². The SMILES string of the molecule is COC(=O)CCNC(=O)CCOCC(COCCC(=O)NCCC(=O)OC)(COCCC(=O)NCCC(=O)OC)NC(=O)CNC(=O)OCc1ccccc1. The van der Waals surface area contributed by atoms with Crippen LogP contribution in [-0.2, 0) is 73.3 Å². The summed E-state index contributed by atoms with van der Waals surface area (Å²) >= 11 is 0. The molecule has 20 heteroatoms. The Balaban J connectivity index is 2.97. The second kappa shape index (κ2) is 29.1. The number of ether oxygens (including phenoxy) is 7. The molecule has 0 heterocycles. The molecule has 5 N–H and O–H groups in total. The lowest BCUT2D eigenvalue weighted by molar-refractivity contribution is -0.141. The molecule has 308 valence electrons. The first-order valence-corrected chi connectivity index (χ1v) is 17.4. The minimum absolute atomic E-state index is 0.0205. The van der Waals surface area contributed by atoms with Crippen molar-refractivity contribution in [3.8, 4) is 0 Å². The van der Waals surface area contributed by atoms with Crippen LogP contribution in [0.25, 0.3) is 0 Å². The monoisotopic (exact) mass is 783 g/mol. The Morgan fingerprint density at radius 1 is 0.527 bits per heavy atom. The molecule has 55 heavy (non-hydrogen) atoms. The third-order valence-electron chi connectivity index (χ3n) is 7.20. The van der Waals surface area contributed by atoms with Gasteiger partial charge in [-0.2, -0.15) is 0 Å². The molecule has 5 amide bonds. The lowest BCUT2D eigenvalue weighted by Gasteiger charge is -2.34. The molecule has 1 rings (SSSR count). The number of benzene rings is 1. The zero-order chi connectivity index (χ0) is 40.7. The van der Waals surface area contributed by atoms with Gasteiger partial charge in [0.05, 0.1) is 80.2 Å². The first kappa shape index (κ1) is 47.7. The average Bonchev–Trinajstić information content (AvgIpc) is 3.18. The van der Waals surface area contributed by atoms with Gasteiger partial charge < -0.3 is 59.7 Å². The summed E-state index contributed by atoms with van der Waals surface area (Å²) in [5.41, 5.74) is -0.740. The zero-order valence-electron chi connectivity index (χ0n) is 31.5. The number of hydrogen-bond acceptors (Lipinski definition) is 15. The Kier molecular flexibility index (Phi) is 25.2. The van der Waals surface area contributed by atoms with E-state index >= 15 is 0 Å². The molecular formula is C35H53N5O15. The lowest BCUT2D eigenvalue weighted by Crippen LogP contribution is -2.60. The number of rotatable bonds is 29. The van der Waals surface area contributed by atoms with E-state index < -0.39 is 59.7 Å². The molecule has 0 spiro atoms. The van der Waals surface area contributed by atoms with E-state index in [-0.39, 0.29) is 104 Å². The number of esters is 3. The van der Waals surface area contributed by atoms with Crippen LogP contribution in [0, 0.1) is 0 Å². The fourth-order valence-corrected chi connectivity index (χ4v) is 4.28. The maximum Gasteiger partial charge on any atom is 0.407 e. The van der Waals surface area contributed by atoms with Crippen molar-refractivity contribution in [1.29, 1.82) is 0 Å². The van der Waals surface area contributed by atoms with Gasteiger partial charge in [-0.1, -0.05) is 30.3 Å². The predicted molar refractivity (Wildman–Crippen MR) is 191 cm³/mol. The zero-order valence-corrected chi connectivity index (χ0v) is 31.5. The van der Waals surface area contributed by atoms with E-state index in [0.717, 1.165) is 5.56 Å². The third-order valence-corrected chi connectivity index (χ3v) is 7.20. The van der Waals surface area contributed by atoms with E-state index in [2.05, 4.69) is 40.8 Å². The quantitative estimate of drug-likeness (QED) is 0.0372. The molecule has 0 saturated heterocycles. The van der Waals surface area contributed by atoms with Gasteiger partial charge in [-0.15, -0.1) is 0 Å². The smallest absolute Gasteiger partial charge is 0.407 e. The number of hydrogen-bond donors (Lipinski definition) is 5. The predicted octanol–water partition coefficient (Wildman–Crippen LogP) is -0.974. The molecular weight excluding hydrogens is 730 g/mol. The summed E-state index contributed by atoms with van der Waals surface area (Å²) in [7, 11) is 3.69. The van der Waals surface area contributed by atoms with E-state index in [4.69, 9.17) is 18.9 Å². The van der Waals surface area contributed by atoms with Crippen LogP contribution >= 0.6 is 0 Å². The van der Waals surface area contributed by atoms with Crippen LogP contribution in [0.4, 0.5) is 4.79 Å². The summed E-state index contributed by atoms with van der Waals surface area (Å²) in [6.07, 6.45) is -1.26. The minimum atomic E-state index is -1.48. The second-order valence-corrected chi connectivity index (χ2v) is 11.7. The molecule has 0 aliphatic heterocycles. The highest BCUT2D eigenvalue weighted by Gasteiger charge is 2.34. The van der Waals surface area contributed by atoms with Gasteiger partial charge in [-0.3, -0.25) is 33.6 Å². The van der Waals surface area contributed by atoms with Crippen molar-refractivity contribution in [1.82, 2.24) is 26.6 Å². The Hall–Kier alpha value is -5.34. The number of carbonyl (C=O) groups excluding carboxylic acids is 8. The van der Waals surface area contributed by atoms with Crippen LogP contribution in [0.3, 0.4) is 0 Å². The summed E-state index contributed by atoms with van der Waals surface area (Å²) < 4.78 is 36.1. The van der Waals surface area contributed by atoms with E-state index in [1.54, 1.807) is 24.3 Å². The van der Waals surface area contributed by atoms with E-state index in [9.17, 15) is 38.4 Å². The van der Waals surface area contributed by atoms with Gasteiger partial charge >= 0.3 is 24.0 Å². The molecule has 0 aliphatic carbocycles. The van der Waals surface area contributed by atoms with E-state index in [1.807, 2.05) is 6.07 Å². The summed E-state index contributed by atoms with van der Waals surface area (Å²) in [5, 5.41) is 12.8. The van der Waals surface area contributed by atoms with Crippen molar-refractivity contribution < 1.29 is 71.5 Å². The molecule has 0 fully saturated rings. The van der Waals surface area contributed by atoms with Crippen LogP contribution in [-0.4, -0.2) is 140 Å². The standard InChI is InChI=1S/C35H53N5O15/c1-49-31(45)9-15-36-27(41)12-18-52-23-35(24-53-19-13-28(42)37-16-10-32(46)50-2,25-54-20-14-29(43)38-17-11-33(47)51-3)40-30(44)21-39-34(48)55-22-26-7-5-4-6-8-26/h4-8H,9-25H2,1-3H3,(H,36,41)(H,37,42)(H,38,43)(H,39,48)(H,40,44). The molecule has 0 saturated carbocycles. The Morgan fingerprint density at radius 2 is 0.927 bits per heavy atom. The highest BCUT2D eigenvalue weighted by molar-refractivity contribution is 5.83. The third kappa shape index (κ3) is 24.6. The molecule has 0 bridgehead atoms. The van der Waals surface area contributed by atoms with Crippen molar-refractivity contribution in [2.75, 3.05) is 87.1 Å². The fourth-order valence-electron chi connectivity index (χ4n) is 4.28. The highest BCUT2D eigenvalue weighted by Crippen LogP contribution is 2.11. The fraction of sp³-hybridized carbons (Fsp3) is 0.600. The van der Waals surface area contributed by atoms with Gasteiger partial charge in [0.2, 0.25) is 23.6 Å². The van der Waals surface area contributed by atoms with Gasteiger partial charge in [0.15, 0.2) is 0 Å². The Bertz CT molecular complexity index is 1260. The molecule has 0 aliphatic rings. The summed E-state index contributed by atoms with van der Waals surface area (Å²) in [6, 6.07) is 8.90. The molecule has 0 atom stereocenters. The van der Waals surface area contributed by atoms with Crippen LogP contribution in [0.15, 0.2) is 30.3 Å². The number of amides is 5. The first-order valence-electron chi connectivity index (χ1n) is 17.4. The maximum atomic E-state index is 13.2. The number of alkyl carbamates (subject to hydrolysis) is 1. The molecule has 0 unspecified atom stereocenters. The van der Waals surface area contributed by atoms with Crippen molar-refractivity contribution >= 4 is 47.6 Å². The first-order chi connectivity index (χ1) is 26.4. The maximum absolute atomic E-state index is 13.2. The Morgan fingerprint density at radius 3 is 1.31 bits per heavy atom. The van der Waals surface area contributed by atoms with Crippen LogP contribution in [0.1, 0.15) is 44.1 Å². The van der Waals surface area contributed by atoms with Crippen molar-refractivity contribution in [2.45, 2.75) is 50.7 Å². The van der Waals surface area contributed by atoms with Crippen LogP contribution in [0.5, 0.6) is 0 Å². The summed E-state index contributed by atoms with van der Waals surface area (Å²) in [6.45, 7) is -1.64. The second-order valence-electron chi connectivity index (χ2n) is 11.7. The van der Waals surface area contributed by atoms with Crippen molar-refractivity contribution in [3.05, 3.63) is 35.9 Å². The number of methoxy groups -OCH3 is 3. The molecule has 0 radical (unpaired) electrons.